The van der Waals surface area contributed by atoms with E-state index in [-0.39, 0.29) is 43.0 Å². The van der Waals surface area contributed by atoms with Gasteiger partial charge in [0.25, 0.3) is 5.91 Å². The summed E-state index contributed by atoms with van der Waals surface area (Å²) in [5, 5.41) is 12.4. The van der Waals surface area contributed by atoms with Crippen molar-refractivity contribution in [2.24, 2.45) is 17.8 Å². The van der Waals surface area contributed by atoms with Crippen LogP contribution in [0.3, 0.4) is 0 Å². The highest BCUT2D eigenvalue weighted by atomic mass is 32.2. The van der Waals surface area contributed by atoms with Gasteiger partial charge in [0.05, 0.1) is 25.2 Å². The number of nitrogens with one attached hydrogen (secondary N) is 1. The van der Waals surface area contributed by atoms with Crippen molar-refractivity contribution in [3.05, 3.63) is 36.1 Å². The molecule has 0 saturated heterocycles. The van der Waals surface area contributed by atoms with Crippen molar-refractivity contribution in [2.75, 3.05) is 40.0 Å². The molecule has 2 N–H and O–H groups in total. The number of sulfonamides is 1. The number of methoxy groups -OCH3 is 1. The fourth-order valence-corrected chi connectivity index (χ4v) is 5.85. The molecule has 2 saturated carbocycles. The number of nitrogens with zero attached hydrogens (tertiary/aromatic N) is 1. The van der Waals surface area contributed by atoms with E-state index in [0.29, 0.717) is 36.3 Å². The lowest BCUT2D eigenvalue weighted by atomic mass is 9.73. The van der Waals surface area contributed by atoms with Gasteiger partial charge in [-0.3, -0.25) is 4.79 Å². The van der Waals surface area contributed by atoms with Gasteiger partial charge >= 0.3 is 0 Å². The molecule has 4 rings (SSSR count). The van der Waals surface area contributed by atoms with Gasteiger partial charge in [0.2, 0.25) is 16.3 Å². The standard InChI is InChI=1S/C25H36N2O7S/c1-32-21-7-9-22(10-8-21)35(30,31)27(11-13-28)12-14-33-24-16-20(19-3-2-4-19)15-23(34-24)25(29)26-17-18-5-6-18/h7-10,15,18-20,24,28H,2-6,11-14,16-17H2,1H3,(H,26,29)/t20-,24+/m0/s1. The minimum absolute atomic E-state index is 0.0514. The number of carbonyl (C=O) groups is 1. The van der Waals surface area contributed by atoms with Crippen molar-refractivity contribution in [1.82, 2.24) is 9.62 Å². The van der Waals surface area contributed by atoms with Crippen molar-refractivity contribution < 1.29 is 32.5 Å². The second-order valence-electron chi connectivity index (χ2n) is 9.50. The molecule has 0 radical (unpaired) electrons. The molecule has 194 valence electrons. The van der Waals surface area contributed by atoms with Gasteiger partial charge in [0, 0.05) is 26.1 Å². The van der Waals surface area contributed by atoms with Crippen molar-refractivity contribution in [2.45, 2.75) is 49.7 Å². The quantitative estimate of drug-likeness (QED) is 0.420. The number of amides is 1. The van der Waals surface area contributed by atoms with E-state index in [9.17, 15) is 18.3 Å². The van der Waals surface area contributed by atoms with E-state index >= 15 is 0 Å². The third-order valence-electron chi connectivity index (χ3n) is 7.01. The van der Waals surface area contributed by atoms with Gasteiger partial charge in [-0.25, -0.2) is 8.42 Å². The number of hydrogen-bond donors (Lipinski definition) is 2. The zero-order valence-electron chi connectivity index (χ0n) is 20.2. The van der Waals surface area contributed by atoms with E-state index in [4.69, 9.17) is 14.2 Å². The van der Waals surface area contributed by atoms with Gasteiger partial charge in [-0.1, -0.05) is 6.42 Å². The summed E-state index contributed by atoms with van der Waals surface area (Å²) >= 11 is 0. The van der Waals surface area contributed by atoms with Crippen molar-refractivity contribution >= 4 is 15.9 Å². The zero-order chi connectivity index (χ0) is 24.8. The Morgan fingerprint density at radius 3 is 2.51 bits per heavy atom. The minimum Gasteiger partial charge on any atom is -0.497 e. The van der Waals surface area contributed by atoms with Crippen LogP contribution in [0.15, 0.2) is 41.0 Å². The number of aliphatic hydroxyl groups excluding tert-OH is 1. The van der Waals surface area contributed by atoms with E-state index in [0.717, 1.165) is 25.7 Å². The van der Waals surface area contributed by atoms with Gasteiger partial charge in [0.15, 0.2) is 5.76 Å². The lowest BCUT2D eigenvalue weighted by molar-refractivity contribution is -0.152. The van der Waals surface area contributed by atoms with Gasteiger partial charge in [-0.2, -0.15) is 4.31 Å². The summed E-state index contributed by atoms with van der Waals surface area (Å²) in [6.07, 6.45) is 7.73. The molecule has 2 aliphatic carbocycles. The molecular weight excluding hydrogens is 472 g/mol. The number of benzene rings is 1. The first-order valence-electron chi connectivity index (χ1n) is 12.4. The maximum atomic E-state index is 13.1. The molecule has 0 spiro atoms. The Labute approximate surface area is 207 Å². The SMILES string of the molecule is COc1ccc(S(=O)(=O)N(CCO)CCO[C@H]2C[C@@H](C3CCC3)C=C(C(=O)NCC3CC3)O2)cc1. The molecule has 0 unspecified atom stereocenters. The molecule has 1 aromatic carbocycles. The normalized spacial score (nSPS) is 22.8. The topological polar surface area (TPSA) is 114 Å². The summed E-state index contributed by atoms with van der Waals surface area (Å²) < 4.78 is 44.3. The lowest BCUT2D eigenvalue weighted by Gasteiger charge is -2.37. The van der Waals surface area contributed by atoms with E-state index in [2.05, 4.69) is 5.32 Å². The summed E-state index contributed by atoms with van der Waals surface area (Å²) in [5.41, 5.74) is 0. The van der Waals surface area contributed by atoms with Crippen LogP contribution in [0.1, 0.15) is 38.5 Å². The number of carbonyl (C=O) groups excluding carboxylic acids is 1. The zero-order valence-corrected chi connectivity index (χ0v) is 21.0. The van der Waals surface area contributed by atoms with E-state index in [1.165, 1.54) is 30.0 Å². The Morgan fingerprint density at radius 1 is 1.17 bits per heavy atom. The van der Waals surface area contributed by atoms with E-state index in [1.807, 2.05) is 6.08 Å². The monoisotopic (exact) mass is 508 g/mol. The summed E-state index contributed by atoms with van der Waals surface area (Å²) in [5.74, 6) is 1.96. The first kappa shape index (κ1) is 25.9. The predicted molar refractivity (Wildman–Crippen MR) is 129 cm³/mol. The third-order valence-corrected chi connectivity index (χ3v) is 8.92. The molecule has 3 aliphatic rings. The van der Waals surface area contributed by atoms with Crippen LogP contribution < -0.4 is 10.1 Å². The Kier molecular flexibility index (Phi) is 8.69. The Hall–Kier alpha value is -2.14. The average molecular weight is 509 g/mol. The smallest absolute Gasteiger partial charge is 0.286 e. The molecule has 1 amide bonds. The highest BCUT2D eigenvalue weighted by Crippen LogP contribution is 2.40. The first-order chi connectivity index (χ1) is 16.9. The van der Waals surface area contributed by atoms with Crippen LogP contribution in [0.2, 0.25) is 0 Å². The Balaban J connectivity index is 1.36. The second-order valence-corrected chi connectivity index (χ2v) is 11.4. The number of hydrogen-bond acceptors (Lipinski definition) is 7. The molecule has 1 aliphatic heterocycles. The molecule has 35 heavy (non-hydrogen) atoms. The van der Waals surface area contributed by atoms with E-state index < -0.39 is 16.3 Å². The fourth-order valence-electron chi connectivity index (χ4n) is 4.43. The van der Waals surface area contributed by atoms with Crippen LogP contribution in [-0.4, -0.2) is 70.0 Å². The van der Waals surface area contributed by atoms with Crippen molar-refractivity contribution in [3.8, 4) is 5.75 Å². The summed E-state index contributed by atoms with van der Waals surface area (Å²) in [7, 11) is -2.31. The molecule has 9 nitrogen and oxygen atoms in total. The van der Waals surface area contributed by atoms with E-state index in [1.54, 1.807) is 12.1 Å². The second kappa shape index (κ2) is 11.7. The fraction of sp³-hybridized carbons (Fsp3) is 0.640. The minimum atomic E-state index is -3.82. The molecular formula is C25H36N2O7S. The summed E-state index contributed by atoms with van der Waals surface area (Å²) in [4.78, 5) is 12.8. The van der Waals surface area contributed by atoms with Gasteiger partial charge in [0.1, 0.15) is 5.75 Å². The molecule has 1 heterocycles. The number of ether oxygens (including phenoxy) is 3. The van der Waals surface area contributed by atoms with Crippen LogP contribution >= 0.6 is 0 Å². The lowest BCUT2D eigenvalue weighted by Crippen LogP contribution is -2.39. The third kappa shape index (κ3) is 6.75. The summed E-state index contributed by atoms with van der Waals surface area (Å²) in [6.45, 7) is 0.429. The Bertz CT molecular complexity index is 988. The Morgan fingerprint density at radius 2 is 1.91 bits per heavy atom. The molecule has 2 atom stereocenters. The van der Waals surface area contributed by atoms with Crippen molar-refractivity contribution in [1.29, 1.82) is 0 Å². The van der Waals surface area contributed by atoms with Crippen LogP contribution in [-0.2, 0) is 24.3 Å². The molecule has 0 bridgehead atoms. The molecule has 10 heteroatoms. The van der Waals surface area contributed by atoms with Crippen molar-refractivity contribution in [3.63, 3.8) is 0 Å². The highest BCUT2D eigenvalue weighted by Gasteiger charge is 2.35. The first-order valence-corrected chi connectivity index (χ1v) is 13.9. The highest BCUT2D eigenvalue weighted by molar-refractivity contribution is 7.89. The molecule has 2 fully saturated rings. The largest absolute Gasteiger partial charge is 0.497 e. The molecule has 0 aromatic heterocycles. The number of aliphatic hydroxyl groups is 1. The van der Waals surface area contributed by atoms with Crippen LogP contribution in [0.5, 0.6) is 5.75 Å². The predicted octanol–water partition coefficient (Wildman–Crippen LogP) is 2.27. The summed E-state index contributed by atoms with van der Waals surface area (Å²) in [6, 6.07) is 6.12. The van der Waals surface area contributed by atoms with Gasteiger partial charge in [-0.05, 0) is 73.8 Å². The maximum Gasteiger partial charge on any atom is 0.286 e. The average Bonchev–Trinajstić information content (AvgIpc) is 3.65. The van der Waals surface area contributed by atoms with Crippen LogP contribution in [0.4, 0.5) is 0 Å². The van der Waals surface area contributed by atoms with Gasteiger partial charge in [-0.15, -0.1) is 0 Å². The van der Waals surface area contributed by atoms with Crippen LogP contribution in [0, 0.1) is 17.8 Å². The number of rotatable bonds is 13. The number of allylic oxidation sites excluding steroid dienone is 1. The van der Waals surface area contributed by atoms with Crippen LogP contribution in [0.25, 0.3) is 0 Å². The molecule has 1 aromatic rings. The van der Waals surface area contributed by atoms with Gasteiger partial charge < -0.3 is 24.6 Å². The maximum absolute atomic E-state index is 13.1.